The van der Waals surface area contributed by atoms with Crippen LogP contribution in [0.1, 0.15) is 37.3 Å². The van der Waals surface area contributed by atoms with Crippen LogP contribution in [0.2, 0.25) is 0 Å². The molecular weight excluding hydrogens is 351 g/mol. The van der Waals surface area contributed by atoms with E-state index in [1.165, 1.54) is 0 Å². The maximum atomic E-state index is 5.64. The second-order valence-electron chi connectivity index (χ2n) is 5.72. The molecule has 2 aromatic rings. The molecule has 0 bridgehead atoms. The van der Waals surface area contributed by atoms with Gasteiger partial charge in [0.25, 0.3) is 0 Å². The van der Waals surface area contributed by atoms with Gasteiger partial charge in [-0.25, -0.2) is 9.67 Å². The first-order chi connectivity index (χ1) is 10.8. The van der Waals surface area contributed by atoms with E-state index in [2.05, 4.69) is 36.7 Å². The van der Waals surface area contributed by atoms with Crippen LogP contribution >= 0.6 is 24.8 Å². The molecule has 3 rings (SSSR count). The Bertz CT molecular complexity index is 578. The average Bonchev–Trinajstić information content (AvgIpc) is 3.18. The zero-order chi connectivity index (χ0) is 15.4. The highest BCUT2D eigenvalue weighted by Gasteiger charge is 2.25. The van der Waals surface area contributed by atoms with E-state index < -0.39 is 0 Å². The normalized spacial score (nSPS) is 15.8. The molecule has 0 atom stereocenters. The van der Waals surface area contributed by atoms with Crippen LogP contribution in [0, 0.1) is 0 Å². The first-order valence-corrected chi connectivity index (χ1v) is 7.98. The van der Waals surface area contributed by atoms with Crippen molar-refractivity contribution in [2.24, 2.45) is 5.73 Å². The van der Waals surface area contributed by atoms with Gasteiger partial charge in [0, 0.05) is 25.6 Å². The molecule has 10 heteroatoms. The highest BCUT2D eigenvalue weighted by molar-refractivity contribution is 5.85. The highest BCUT2D eigenvalue weighted by Crippen LogP contribution is 2.27. The number of likely N-dealkylation sites (tertiary alicyclic amines) is 1. The minimum Gasteiger partial charge on any atom is -0.329 e. The molecule has 0 unspecified atom stereocenters. The maximum absolute atomic E-state index is 5.64. The van der Waals surface area contributed by atoms with Crippen molar-refractivity contribution in [1.82, 2.24) is 34.4 Å². The quantitative estimate of drug-likeness (QED) is 0.805. The predicted octanol–water partition coefficient (Wildman–Crippen LogP) is 0.919. The summed E-state index contributed by atoms with van der Waals surface area (Å²) in [4.78, 5) is 6.40. The third-order valence-corrected chi connectivity index (χ3v) is 4.34. The lowest BCUT2D eigenvalue weighted by atomic mass is 9.96. The van der Waals surface area contributed by atoms with Gasteiger partial charge in [0.15, 0.2) is 5.82 Å². The van der Waals surface area contributed by atoms with Gasteiger partial charge < -0.3 is 15.2 Å². The second kappa shape index (κ2) is 9.93. The SMILES string of the molecule is CCn1c(Cn2cncn2)nnc1C1CCN(CCN)CC1.Cl.Cl. The van der Waals surface area contributed by atoms with Crippen LogP contribution in [-0.2, 0) is 13.1 Å². The highest BCUT2D eigenvalue weighted by atomic mass is 35.5. The van der Waals surface area contributed by atoms with E-state index in [-0.39, 0.29) is 24.8 Å². The first kappa shape index (κ1) is 20.8. The van der Waals surface area contributed by atoms with Crippen LogP contribution in [0.4, 0.5) is 0 Å². The van der Waals surface area contributed by atoms with Crippen LogP contribution in [0.15, 0.2) is 12.7 Å². The van der Waals surface area contributed by atoms with Crippen molar-refractivity contribution in [1.29, 1.82) is 0 Å². The summed E-state index contributed by atoms with van der Waals surface area (Å²) in [5.41, 5.74) is 5.64. The van der Waals surface area contributed by atoms with Gasteiger partial charge in [0.2, 0.25) is 0 Å². The summed E-state index contributed by atoms with van der Waals surface area (Å²) in [6, 6.07) is 0. The number of hydrogen-bond acceptors (Lipinski definition) is 6. The number of piperidine rings is 1. The molecular formula is C14H26Cl2N8. The summed E-state index contributed by atoms with van der Waals surface area (Å²) in [5, 5.41) is 13.0. The Kier molecular flexibility index (Phi) is 8.61. The fraction of sp³-hybridized carbons (Fsp3) is 0.714. The summed E-state index contributed by atoms with van der Waals surface area (Å²) < 4.78 is 4.01. The molecule has 24 heavy (non-hydrogen) atoms. The molecule has 136 valence electrons. The maximum Gasteiger partial charge on any atom is 0.154 e. The molecule has 0 amide bonds. The lowest BCUT2D eigenvalue weighted by Gasteiger charge is -2.31. The molecule has 0 aliphatic carbocycles. The van der Waals surface area contributed by atoms with E-state index in [0.29, 0.717) is 12.5 Å². The minimum atomic E-state index is 0. The van der Waals surface area contributed by atoms with Gasteiger partial charge in [-0.1, -0.05) is 0 Å². The van der Waals surface area contributed by atoms with E-state index in [1.807, 2.05) is 0 Å². The van der Waals surface area contributed by atoms with Crippen molar-refractivity contribution in [3.63, 3.8) is 0 Å². The molecule has 2 N–H and O–H groups in total. The van der Waals surface area contributed by atoms with Crippen molar-refractivity contribution in [3.05, 3.63) is 24.3 Å². The van der Waals surface area contributed by atoms with Crippen LogP contribution < -0.4 is 5.73 Å². The third-order valence-electron chi connectivity index (χ3n) is 4.34. The lowest BCUT2D eigenvalue weighted by molar-refractivity contribution is 0.212. The zero-order valence-corrected chi connectivity index (χ0v) is 15.5. The molecule has 1 aliphatic heterocycles. The van der Waals surface area contributed by atoms with Crippen LogP contribution in [-0.4, -0.2) is 60.6 Å². The van der Waals surface area contributed by atoms with E-state index in [9.17, 15) is 0 Å². The van der Waals surface area contributed by atoms with Crippen molar-refractivity contribution >= 4 is 24.8 Å². The van der Waals surface area contributed by atoms with Gasteiger partial charge in [-0.05, 0) is 32.9 Å². The topological polar surface area (TPSA) is 90.7 Å². The Morgan fingerprint density at radius 1 is 1.21 bits per heavy atom. The largest absolute Gasteiger partial charge is 0.329 e. The molecule has 1 saturated heterocycles. The van der Waals surface area contributed by atoms with Gasteiger partial charge in [-0.15, -0.1) is 35.0 Å². The smallest absolute Gasteiger partial charge is 0.154 e. The molecule has 1 aliphatic rings. The molecule has 0 aromatic carbocycles. The molecule has 2 aromatic heterocycles. The van der Waals surface area contributed by atoms with Gasteiger partial charge >= 0.3 is 0 Å². The number of halogens is 2. The van der Waals surface area contributed by atoms with Crippen molar-refractivity contribution < 1.29 is 0 Å². The third kappa shape index (κ3) is 4.66. The number of aromatic nitrogens is 6. The summed E-state index contributed by atoms with van der Waals surface area (Å²) in [6.45, 7) is 7.56. The Morgan fingerprint density at radius 3 is 2.54 bits per heavy atom. The summed E-state index contributed by atoms with van der Waals surface area (Å²) >= 11 is 0. The first-order valence-electron chi connectivity index (χ1n) is 7.98. The lowest BCUT2D eigenvalue weighted by Crippen LogP contribution is -2.37. The Morgan fingerprint density at radius 2 is 1.96 bits per heavy atom. The monoisotopic (exact) mass is 376 g/mol. The number of nitrogens with two attached hydrogens (primary N) is 1. The van der Waals surface area contributed by atoms with Crippen LogP contribution in [0.25, 0.3) is 0 Å². The van der Waals surface area contributed by atoms with Crippen molar-refractivity contribution in [3.8, 4) is 0 Å². The van der Waals surface area contributed by atoms with Gasteiger partial charge in [-0.2, -0.15) is 5.10 Å². The summed E-state index contributed by atoms with van der Waals surface area (Å²) in [6.07, 6.45) is 5.50. The summed E-state index contributed by atoms with van der Waals surface area (Å²) in [5.74, 6) is 2.56. The van der Waals surface area contributed by atoms with E-state index >= 15 is 0 Å². The van der Waals surface area contributed by atoms with Crippen molar-refractivity contribution in [2.75, 3.05) is 26.2 Å². The number of hydrogen-bond donors (Lipinski definition) is 1. The minimum absolute atomic E-state index is 0. The van der Waals surface area contributed by atoms with E-state index in [4.69, 9.17) is 5.73 Å². The molecule has 3 heterocycles. The Labute approximate surface area is 154 Å². The van der Waals surface area contributed by atoms with Crippen LogP contribution in [0.3, 0.4) is 0 Å². The fourth-order valence-corrected chi connectivity index (χ4v) is 3.17. The van der Waals surface area contributed by atoms with Gasteiger partial charge in [0.05, 0.1) is 0 Å². The molecule has 0 radical (unpaired) electrons. The molecule has 0 spiro atoms. The van der Waals surface area contributed by atoms with Gasteiger partial charge in [-0.3, -0.25) is 0 Å². The second-order valence-corrected chi connectivity index (χ2v) is 5.72. The number of rotatable bonds is 6. The zero-order valence-electron chi connectivity index (χ0n) is 13.9. The van der Waals surface area contributed by atoms with Crippen LogP contribution in [0.5, 0.6) is 0 Å². The summed E-state index contributed by atoms with van der Waals surface area (Å²) in [7, 11) is 0. The molecule has 8 nitrogen and oxygen atoms in total. The van der Waals surface area contributed by atoms with E-state index in [0.717, 1.165) is 57.2 Å². The van der Waals surface area contributed by atoms with Gasteiger partial charge in [0.1, 0.15) is 25.0 Å². The molecule has 0 saturated carbocycles. The van der Waals surface area contributed by atoms with E-state index in [1.54, 1.807) is 17.3 Å². The Hall–Kier alpha value is -1.22. The Balaban J connectivity index is 0.00000144. The average molecular weight is 377 g/mol. The predicted molar refractivity (Wildman–Crippen MR) is 96.8 cm³/mol. The standard InChI is InChI=1S/C14H24N8.2ClH/c1-2-22-13(9-21-11-16-10-17-21)18-19-14(22)12-3-6-20(7-4-12)8-5-15;;/h10-12H,2-9,15H2,1H3;2*1H. The molecule has 1 fully saturated rings. The van der Waals surface area contributed by atoms with Crippen molar-refractivity contribution in [2.45, 2.75) is 38.8 Å². The number of nitrogens with zero attached hydrogens (tertiary/aromatic N) is 7. The fourth-order valence-electron chi connectivity index (χ4n) is 3.17.